The summed E-state index contributed by atoms with van der Waals surface area (Å²) < 4.78 is 53.1. The van der Waals surface area contributed by atoms with E-state index in [4.69, 9.17) is 0 Å². The lowest BCUT2D eigenvalue weighted by atomic mass is 10.1. The van der Waals surface area contributed by atoms with E-state index in [2.05, 4.69) is 10.3 Å². The van der Waals surface area contributed by atoms with Crippen LogP contribution < -0.4 is 10.9 Å². The molecule has 3 aromatic rings. The van der Waals surface area contributed by atoms with Crippen LogP contribution >= 0.6 is 0 Å². The van der Waals surface area contributed by atoms with Crippen LogP contribution in [-0.4, -0.2) is 15.5 Å². The maximum Gasteiger partial charge on any atom is 0.419 e. The minimum absolute atomic E-state index is 0.252. The predicted octanol–water partition coefficient (Wildman–Crippen LogP) is 3.83. The van der Waals surface area contributed by atoms with Crippen LogP contribution in [0.5, 0.6) is 0 Å². The molecule has 2 heterocycles. The van der Waals surface area contributed by atoms with E-state index in [1.807, 2.05) is 0 Å². The van der Waals surface area contributed by atoms with Crippen LogP contribution in [0.1, 0.15) is 22.8 Å². The topological polar surface area (TPSA) is 64.0 Å². The van der Waals surface area contributed by atoms with E-state index in [1.54, 1.807) is 19.1 Å². The lowest BCUT2D eigenvalue weighted by Crippen LogP contribution is -2.29. The van der Waals surface area contributed by atoms with Crippen LogP contribution in [-0.2, 0) is 12.7 Å². The number of rotatable bonds is 3. The molecular weight excluding hydrogens is 366 g/mol. The third-order valence-corrected chi connectivity index (χ3v) is 3.94. The van der Waals surface area contributed by atoms with Gasteiger partial charge in [-0.1, -0.05) is 0 Å². The molecule has 1 N–H and O–H groups in total. The Morgan fingerprint density at radius 2 is 1.96 bits per heavy atom. The van der Waals surface area contributed by atoms with Crippen molar-refractivity contribution in [2.24, 2.45) is 0 Å². The Kier molecular flexibility index (Phi) is 4.69. The largest absolute Gasteiger partial charge is 0.419 e. The lowest BCUT2D eigenvalue weighted by Gasteiger charge is -2.12. The van der Waals surface area contributed by atoms with Crippen LogP contribution in [0, 0.1) is 5.82 Å². The number of nitrogens with zero attached hydrogens (tertiary/aromatic N) is 2. The Balaban J connectivity index is 2.03. The number of benzene rings is 1. The lowest BCUT2D eigenvalue weighted by molar-refractivity contribution is -0.139. The summed E-state index contributed by atoms with van der Waals surface area (Å²) in [6.45, 7) is 1.95. The van der Waals surface area contributed by atoms with Crippen molar-refractivity contribution in [3.05, 3.63) is 69.9 Å². The molecule has 0 radical (unpaired) electrons. The number of pyridine rings is 2. The van der Waals surface area contributed by atoms with E-state index in [0.717, 1.165) is 6.07 Å². The van der Waals surface area contributed by atoms with Crippen molar-refractivity contribution in [3.8, 4) is 0 Å². The van der Waals surface area contributed by atoms with Crippen LogP contribution in [0.2, 0.25) is 0 Å². The quantitative estimate of drug-likeness (QED) is 0.704. The summed E-state index contributed by atoms with van der Waals surface area (Å²) in [7, 11) is 0. The molecule has 0 saturated heterocycles. The third-order valence-electron chi connectivity index (χ3n) is 3.94. The van der Waals surface area contributed by atoms with Gasteiger partial charge in [0, 0.05) is 23.8 Å². The number of anilines is 1. The fraction of sp³-hybridized carbons (Fsp3) is 0.167. The highest BCUT2D eigenvalue weighted by Gasteiger charge is 2.34. The van der Waals surface area contributed by atoms with Gasteiger partial charge in [-0.25, -0.2) is 9.37 Å². The van der Waals surface area contributed by atoms with E-state index in [9.17, 15) is 27.2 Å². The second-order valence-electron chi connectivity index (χ2n) is 5.67. The van der Waals surface area contributed by atoms with Crippen molar-refractivity contribution < 1.29 is 22.4 Å². The van der Waals surface area contributed by atoms with Gasteiger partial charge in [-0.05, 0) is 43.3 Å². The molecule has 0 aliphatic rings. The van der Waals surface area contributed by atoms with Gasteiger partial charge in [0.25, 0.3) is 11.5 Å². The second-order valence-corrected chi connectivity index (χ2v) is 5.67. The molecular formula is C18H13F4N3O2. The monoisotopic (exact) mass is 379 g/mol. The first kappa shape index (κ1) is 18.6. The average molecular weight is 379 g/mol. The molecule has 0 spiro atoms. The number of hydrogen-bond donors (Lipinski definition) is 1. The van der Waals surface area contributed by atoms with Crippen molar-refractivity contribution in [2.75, 3.05) is 5.32 Å². The number of carbonyl (C=O) groups is 1. The maximum atomic E-state index is 13.4. The van der Waals surface area contributed by atoms with E-state index in [-0.39, 0.29) is 17.8 Å². The molecule has 0 atom stereocenters. The van der Waals surface area contributed by atoms with Crippen LogP contribution in [0.25, 0.3) is 11.0 Å². The van der Waals surface area contributed by atoms with E-state index in [1.165, 1.54) is 16.8 Å². The molecule has 0 bridgehead atoms. The van der Waals surface area contributed by atoms with Crippen LogP contribution in [0.15, 0.2) is 47.4 Å². The standard InChI is InChI=1S/C18H13F4N3O2/c1-2-25-15-10(4-3-7-23-15)8-12(17(25)27)16(26)24-11-5-6-14(19)13(9-11)18(20,21)22/h3-9H,2H2,1H3,(H,24,26). The average Bonchev–Trinajstić information content (AvgIpc) is 2.61. The van der Waals surface area contributed by atoms with E-state index < -0.39 is 29.0 Å². The number of hydrogen-bond acceptors (Lipinski definition) is 3. The van der Waals surface area contributed by atoms with Crippen molar-refractivity contribution in [1.29, 1.82) is 0 Å². The fourth-order valence-electron chi connectivity index (χ4n) is 2.68. The van der Waals surface area contributed by atoms with Gasteiger partial charge in [0.05, 0.1) is 5.56 Å². The molecule has 3 rings (SSSR count). The summed E-state index contributed by atoms with van der Waals surface area (Å²) in [6.07, 6.45) is -3.40. The smallest absolute Gasteiger partial charge is 0.322 e. The summed E-state index contributed by atoms with van der Waals surface area (Å²) in [5.74, 6) is -2.35. The molecule has 0 aliphatic heterocycles. The number of amides is 1. The Bertz CT molecular complexity index is 1090. The molecule has 0 aliphatic carbocycles. The first-order chi connectivity index (χ1) is 12.7. The number of alkyl halides is 3. The Morgan fingerprint density at radius 3 is 2.63 bits per heavy atom. The number of nitrogens with one attached hydrogen (secondary N) is 1. The van der Waals surface area contributed by atoms with E-state index >= 15 is 0 Å². The van der Waals surface area contributed by atoms with Gasteiger partial charge in [0.1, 0.15) is 17.0 Å². The first-order valence-electron chi connectivity index (χ1n) is 7.89. The predicted molar refractivity (Wildman–Crippen MR) is 91.0 cm³/mol. The van der Waals surface area contributed by atoms with Gasteiger partial charge in [-0.2, -0.15) is 13.2 Å². The minimum Gasteiger partial charge on any atom is -0.322 e. The molecule has 27 heavy (non-hydrogen) atoms. The van der Waals surface area contributed by atoms with Gasteiger partial charge in [-0.15, -0.1) is 0 Å². The number of carbonyl (C=O) groups excluding carboxylic acids is 1. The highest BCUT2D eigenvalue weighted by atomic mass is 19.4. The molecule has 0 fully saturated rings. The Morgan fingerprint density at radius 1 is 1.22 bits per heavy atom. The number of aryl methyl sites for hydroxylation is 1. The molecule has 140 valence electrons. The second kappa shape index (κ2) is 6.82. The van der Waals surface area contributed by atoms with Gasteiger partial charge in [0.15, 0.2) is 0 Å². The normalized spacial score (nSPS) is 11.6. The van der Waals surface area contributed by atoms with E-state index in [0.29, 0.717) is 23.2 Å². The van der Waals surface area contributed by atoms with Crippen molar-refractivity contribution in [1.82, 2.24) is 9.55 Å². The number of aromatic nitrogens is 2. The summed E-state index contributed by atoms with van der Waals surface area (Å²) in [4.78, 5) is 29.1. The zero-order valence-corrected chi connectivity index (χ0v) is 14.0. The maximum absolute atomic E-state index is 13.4. The summed E-state index contributed by atoms with van der Waals surface area (Å²) in [5, 5.41) is 2.74. The molecule has 0 unspecified atom stereocenters. The summed E-state index contributed by atoms with van der Waals surface area (Å²) >= 11 is 0. The van der Waals surface area contributed by atoms with Gasteiger partial charge in [-0.3, -0.25) is 14.2 Å². The molecule has 5 nitrogen and oxygen atoms in total. The van der Waals surface area contributed by atoms with Gasteiger partial charge in [0.2, 0.25) is 0 Å². The Hall–Kier alpha value is -3.23. The SMILES string of the molecule is CCn1c(=O)c(C(=O)Nc2ccc(F)c(C(F)(F)F)c2)cc2cccnc21. The minimum atomic E-state index is -4.91. The summed E-state index contributed by atoms with van der Waals surface area (Å²) in [5.41, 5.74) is -2.27. The molecule has 1 aromatic carbocycles. The van der Waals surface area contributed by atoms with Crippen molar-refractivity contribution in [2.45, 2.75) is 19.6 Å². The zero-order chi connectivity index (χ0) is 19.8. The zero-order valence-electron chi connectivity index (χ0n) is 14.0. The molecule has 0 saturated carbocycles. The van der Waals surface area contributed by atoms with Gasteiger partial charge >= 0.3 is 6.18 Å². The summed E-state index contributed by atoms with van der Waals surface area (Å²) in [6, 6.07) is 6.68. The number of fused-ring (bicyclic) bond motifs is 1. The third kappa shape index (κ3) is 3.53. The highest BCUT2D eigenvalue weighted by Crippen LogP contribution is 2.33. The Labute approximate surface area is 150 Å². The van der Waals surface area contributed by atoms with Crippen LogP contribution in [0.4, 0.5) is 23.2 Å². The van der Waals surface area contributed by atoms with Crippen LogP contribution in [0.3, 0.4) is 0 Å². The molecule has 9 heteroatoms. The fourth-order valence-corrected chi connectivity index (χ4v) is 2.68. The van der Waals surface area contributed by atoms with Crippen molar-refractivity contribution >= 4 is 22.6 Å². The van der Waals surface area contributed by atoms with Crippen molar-refractivity contribution in [3.63, 3.8) is 0 Å². The molecule has 1 amide bonds. The van der Waals surface area contributed by atoms with Gasteiger partial charge < -0.3 is 5.32 Å². The highest BCUT2D eigenvalue weighted by molar-refractivity contribution is 6.05. The first-order valence-corrected chi connectivity index (χ1v) is 7.89. The number of halogens is 4. The molecule has 2 aromatic heterocycles.